The molecule has 178 valence electrons. The summed E-state index contributed by atoms with van der Waals surface area (Å²) in [5.74, 6) is -3.11. The number of thioether (sulfide) groups is 1. The molecule has 2 N–H and O–H groups in total. The minimum atomic E-state index is -0.974. The Morgan fingerprint density at radius 3 is 2.61 bits per heavy atom. The van der Waals surface area contributed by atoms with Crippen LogP contribution in [-0.4, -0.2) is 73.0 Å². The highest BCUT2D eigenvalue weighted by atomic mass is 32.2. The molecule has 2 unspecified atom stereocenters. The summed E-state index contributed by atoms with van der Waals surface area (Å²) in [5.41, 5.74) is 0.965. The number of benzene rings is 1. The van der Waals surface area contributed by atoms with E-state index in [1.165, 1.54) is 11.8 Å². The molecule has 0 aliphatic carbocycles. The van der Waals surface area contributed by atoms with E-state index in [9.17, 15) is 24.6 Å². The van der Waals surface area contributed by atoms with E-state index < -0.39 is 34.6 Å². The fourth-order valence-corrected chi connectivity index (χ4v) is 8.19. The van der Waals surface area contributed by atoms with Crippen molar-refractivity contribution in [3.63, 3.8) is 0 Å². The highest BCUT2D eigenvalue weighted by Crippen LogP contribution is 2.66. The number of aliphatic carboxylic acids is 1. The van der Waals surface area contributed by atoms with Crippen LogP contribution < -0.4 is 0 Å². The van der Waals surface area contributed by atoms with E-state index in [-0.39, 0.29) is 29.6 Å². The fraction of sp³-hybridized carbons (Fsp3) is 0.560. The zero-order chi connectivity index (χ0) is 23.9. The number of rotatable bonds is 9. The second-order valence-electron chi connectivity index (χ2n) is 9.63. The maximum atomic E-state index is 14.2. The van der Waals surface area contributed by atoms with Gasteiger partial charge in [0.25, 0.3) is 0 Å². The summed E-state index contributed by atoms with van der Waals surface area (Å²) in [6.07, 6.45) is 2.97. The van der Waals surface area contributed by atoms with Crippen LogP contribution in [0.15, 0.2) is 43.0 Å². The van der Waals surface area contributed by atoms with E-state index in [0.717, 1.165) is 5.56 Å². The molecule has 0 aromatic heterocycles. The Hall–Kier alpha value is -2.32. The smallest absolute Gasteiger partial charge is 0.308 e. The van der Waals surface area contributed by atoms with Gasteiger partial charge in [-0.15, -0.1) is 18.3 Å². The zero-order valence-electron chi connectivity index (χ0n) is 19.1. The van der Waals surface area contributed by atoms with Gasteiger partial charge in [0.15, 0.2) is 0 Å². The maximum absolute atomic E-state index is 14.2. The van der Waals surface area contributed by atoms with Crippen molar-refractivity contribution in [3.05, 3.63) is 48.6 Å². The third-order valence-corrected chi connectivity index (χ3v) is 9.40. The van der Waals surface area contributed by atoms with E-state index in [1.807, 2.05) is 44.2 Å². The van der Waals surface area contributed by atoms with Gasteiger partial charge in [-0.3, -0.25) is 14.4 Å². The number of fused-ring (bicyclic) bond motifs is 1. The van der Waals surface area contributed by atoms with E-state index >= 15 is 0 Å². The van der Waals surface area contributed by atoms with Crippen molar-refractivity contribution in [2.75, 3.05) is 13.2 Å². The first-order valence-corrected chi connectivity index (χ1v) is 12.4. The maximum Gasteiger partial charge on any atom is 0.308 e. The van der Waals surface area contributed by atoms with E-state index in [4.69, 9.17) is 0 Å². The Morgan fingerprint density at radius 2 is 2.03 bits per heavy atom. The second kappa shape index (κ2) is 9.14. The van der Waals surface area contributed by atoms with Crippen molar-refractivity contribution in [1.82, 2.24) is 9.80 Å². The molecule has 7 nitrogen and oxygen atoms in total. The summed E-state index contributed by atoms with van der Waals surface area (Å²) in [6, 6.07) is 8.28. The minimum absolute atomic E-state index is 0.0862. The Morgan fingerprint density at radius 1 is 1.33 bits per heavy atom. The molecule has 1 aromatic rings. The second-order valence-corrected chi connectivity index (χ2v) is 11.2. The third-order valence-electron chi connectivity index (χ3n) is 7.45. The normalized spacial score (nSPS) is 31.0. The van der Waals surface area contributed by atoms with Gasteiger partial charge in [-0.05, 0) is 24.3 Å². The van der Waals surface area contributed by atoms with E-state index in [1.54, 1.807) is 15.9 Å². The summed E-state index contributed by atoms with van der Waals surface area (Å²) in [6.45, 7) is 8.04. The van der Waals surface area contributed by atoms with Crippen LogP contribution in [0.2, 0.25) is 0 Å². The number of hydrogen-bond donors (Lipinski definition) is 2. The van der Waals surface area contributed by atoms with Gasteiger partial charge in [-0.1, -0.05) is 50.3 Å². The van der Waals surface area contributed by atoms with Gasteiger partial charge in [-0.25, -0.2) is 0 Å². The van der Waals surface area contributed by atoms with Crippen molar-refractivity contribution < 1.29 is 24.6 Å². The number of carbonyl (C=O) groups excluding carboxylic acids is 2. The molecule has 6 atom stereocenters. The predicted molar refractivity (Wildman–Crippen MR) is 126 cm³/mol. The number of hydrogen-bond acceptors (Lipinski definition) is 5. The number of likely N-dealkylation sites (tertiary alicyclic amines) is 1. The summed E-state index contributed by atoms with van der Waals surface area (Å²) in [4.78, 5) is 43.4. The number of aliphatic hydroxyl groups excluding tert-OH is 1. The number of nitrogens with zero attached hydrogens (tertiary/aromatic N) is 2. The third kappa shape index (κ3) is 3.77. The number of amides is 2. The lowest BCUT2D eigenvalue weighted by Crippen LogP contribution is -2.58. The molecule has 8 heteroatoms. The topological polar surface area (TPSA) is 98.2 Å². The molecule has 0 radical (unpaired) electrons. The Labute approximate surface area is 198 Å². The molecule has 3 aliphatic heterocycles. The largest absolute Gasteiger partial charge is 0.481 e. The first kappa shape index (κ1) is 23.8. The SMILES string of the molecule is C=CCN(Cc1ccccc1)C(=O)C1N([C@@H](CO)C(C)C)C(=O)[C@@H]2[C@@H](C(=O)O)[C@H]3CCC12S3. The number of carbonyl (C=O) groups is 3. The molecule has 2 bridgehead atoms. The lowest BCUT2D eigenvalue weighted by atomic mass is 9.71. The number of carboxylic acid groups (broad SMARTS) is 1. The Balaban J connectivity index is 1.78. The zero-order valence-corrected chi connectivity index (χ0v) is 19.9. The number of aliphatic hydroxyl groups is 1. The predicted octanol–water partition coefficient (Wildman–Crippen LogP) is 2.39. The van der Waals surface area contributed by atoms with E-state index in [0.29, 0.717) is 25.9 Å². The first-order valence-electron chi connectivity index (χ1n) is 11.5. The highest BCUT2D eigenvalue weighted by Gasteiger charge is 2.74. The molecule has 0 saturated carbocycles. The average Bonchev–Trinajstić information content (AvgIpc) is 3.42. The van der Waals surface area contributed by atoms with Gasteiger partial charge >= 0.3 is 5.97 Å². The molecular formula is C25H32N2O5S. The standard InChI is InChI=1S/C25H32N2O5S/c1-4-12-26(13-16-8-6-5-7-9-16)23(30)21-25-11-10-18(33-25)19(24(31)32)20(25)22(29)27(21)17(14-28)15(2)3/h4-9,15,17-21,28H,1,10-14H2,2-3H3,(H,31,32)/t17-,18+,19-,20-,21?,25?/m0/s1. The number of carboxylic acids is 1. The minimum Gasteiger partial charge on any atom is -0.481 e. The van der Waals surface area contributed by atoms with Crippen LogP contribution in [0.25, 0.3) is 0 Å². The molecule has 1 spiro atoms. The Bertz CT molecular complexity index is 938. The fourth-order valence-electron chi connectivity index (χ4n) is 5.99. The van der Waals surface area contributed by atoms with Gasteiger partial charge in [0, 0.05) is 18.3 Å². The van der Waals surface area contributed by atoms with Gasteiger partial charge in [0.05, 0.1) is 29.2 Å². The molecule has 3 heterocycles. The molecule has 33 heavy (non-hydrogen) atoms. The van der Waals surface area contributed by atoms with Crippen LogP contribution in [0, 0.1) is 17.8 Å². The lowest BCUT2D eigenvalue weighted by molar-refractivity contribution is -0.150. The summed E-state index contributed by atoms with van der Waals surface area (Å²) in [5, 5.41) is 20.0. The van der Waals surface area contributed by atoms with Gasteiger partial charge < -0.3 is 20.0 Å². The van der Waals surface area contributed by atoms with Crippen LogP contribution in [0.5, 0.6) is 0 Å². The van der Waals surface area contributed by atoms with Gasteiger partial charge in [0.1, 0.15) is 6.04 Å². The van der Waals surface area contributed by atoms with Crippen LogP contribution in [0.1, 0.15) is 32.3 Å². The van der Waals surface area contributed by atoms with Crippen molar-refractivity contribution in [3.8, 4) is 0 Å². The summed E-state index contributed by atoms with van der Waals surface area (Å²) < 4.78 is -0.777. The molecule has 3 fully saturated rings. The molecule has 1 aromatic carbocycles. The molecule has 4 rings (SSSR count). The van der Waals surface area contributed by atoms with Crippen molar-refractivity contribution in [2.24, 2.45) is 17.8 Å². The highest BCUT2D eigenvalue weighted by molar-refractivity contribution is 8.02. The van der Waals surface area contributed by atoms with Crippen LogP contribution in [0.4, 0.5) is 0 Å². The first-order chi connectivity index (χ1) is 15.8. The summed E-state index contributed by atoms with van der Waals surface area (Å²) in [7, 11) is 0. The van der Waals surface area contributed by atoms with Crippen molar-refractivity contribution in [1.29, 1.82) is 0 Å². The Kier molecular flexibility index (Phi) is 6.60. The molecule has 2 amide bonds. The van der Waals surface area contributed by atoms with Crippen molar-refractivity contribution >= 4 is 29.5 Å². The van der Waals surface area contributed by atoms with E-state index in [2.05, 4.69) is 6.58 Å². The molecular weight excluding hydrogens is 440 g/mol. The van der Waals surface area contributed by atoms with Crippen molar-refractivity contribution in [2.45, 2.75) is 55.3 Å². The van der Waals surface area contributed by atoms with Crippen LogP contribution >= 0.6 is 11.8 Å². The molecule has 3 aliphatic rings. The quantitative estimate of drug-likeness (QED) is 0.536. The average molecular weight is 473 g/mol. The van der Waals surface area contributed by atoms with Gasteiger partial charge in [0.2, 0.25) is 11.8 Å². The summed E-state index contributed by atoms with van der Waals surface area (Å²) >= 11 is 1.51. The lowest BCUT2D eigenvalue weighted by Gasteiger charge is -2.40. The van der Waals surface area contributed by atoms with Gasteiger partial charge in [-0.2, -0.15) is 0 Å². The monoisotopic (exact) mass is 472 g/mol. The van der Waals surface area contributed by atoms with Crippen LogP contribution in [0.3, 0.4) is 0 Å². The molecule has 3 saturated heterocycles. The van der Waals surface area contributed by atoms with Crippen LogP contribution in [-0.2, 0) is 20.9 Å².